The lowest BCUT2D eigenvalue weighted by atomic mass is 10.1. The van der Waals surface area contributed by atoms with Gasteiger partial charge in [0.25, 0.3) is 0 Å². The third kappa shape index (κ3) is 5.68. The van der Waals surface area contributed by atoms with Gasteiger partial charge in [0.1, 0.15) is 5.75 Å². The molecular formula is C12H13F6NO. The molecule has 0 aliphatic carbocycles. The second-order valence-electron chi connectivity index (χ2n) is 4.45. The van der Waals surface area contributed by atoms with Crippen molar-refractivity contribution in [3.8, 4) is 5.75 Å². The maximum atomic E-state index is 12.6. The molecule has 0 amide bonds. The smallest absolute Gasteiger partial charge is 0.406 e. The molecule has 0 aliphatic rings. The predicted molar refractivity (Wildman–Crippen MR) is 60.1 cm³/mol. The summed E-state index contributed by atoms with van der Waals surface area (Å²) in [5.74, 6) is -0.882. The summed E-state index contributed by atoms with van der Waals surface area (Å²) in [6.07, 6.45) is -9.77. The Balaban J connectivity index is 3.08. The van der Waals surface area contributed by atoms with Gasteiger partial charge in [0, 0.05) is 12.6 Å². The number of ether oxygens (including phenoxy) is 1. The number of nitrogens with one attached hydrogen (secondary N) is 1. The molecule has 0 fully saturated rings. The van der Waals surface area contributed by atoms with Crippen LogP contribution in [0.3, 0.4) is 0 Å². The molecule has 0 heterocycles. The Labute approximate surface area is 111 Å². The number of rotatable bonds is 4. The van der Waals surface area contributed by atoms with E-state index in [1.165, 1.54) is 0 Å². The first-order valence-electron chi connectivity index (χ1n) is 5.67. The maximum Gasteiger partial charge on any atom is 0.573 e. The van der Waals surface area contributed by atoms with Crippen molar-refractivity contribution in [1.82, 2.24) is 5.32 Å². The van der Waals surface area contributed by atoms with Gasteiger partial charge < -0.3 is 10.1 Å². The summed E-state index contributed by atoms with van der Waals surface area (Å²) in [6, 6.07) is 2.03. The maximum absolute atomic E-state index is 12.6. The van der Waals surface area contributed by atoms with E-state index in [-0.39, 0.29) is 18.2 Å². The Hall–Kier alpha value is -1.44. The van der Waals surface area contributed by atoms with Crippen LogP contribution in [-0.2, 0) is 12.7 Å². The first-order valence-corrected chi connectivity index (χ1v) is 5.67. The zero-order valence-electron chi connectivity index (χ0n) is 10.7. The average Bonchev–Trinajstić information content (AvgIpc) is 2.22. The molecule has 0 saturated carbocycles. The topological polar surface area (TPSA) is 21.3 Å². The summed E-state index contributed by atoms with van der Waals surface area (Å²) in [5.41, 5.74) is -1.12. The number of alkyl halides is 6. The highest BCUT2D eigenvalue weighted by atomic mass is 19.4. The Morgan fingerprint density at radius 1 is 1.05 bits per heavy atom. The average molecular weight is 301 g/mol. The van der Waals surface area contributed by atoms with Crippen LogP contribution in [0.4, 0.5) is 26.3 Å². The molecule has 0 saturated heterocycles. The fraction of sp³-hybridized carbons (Fsp3) is 0.500. The second kappa shape index (κ2) is 5.90. The Morgan fingerprint density at radius 3 is 2.10 bits per heavy atom. The molecule has 0 atom stereocenters. The first kappa shape index (κ1) is 16.6. The van der Waals surface area contributed by atoms with Gasteiger partial charge in [-0.15, -0.1) is 13.2 Å². The van der Waals surface area contributed by atoms with Gasteiger partial charge in [-0.1, -0.05) is 13.8 Å². The summed E-state index contributed by atoms with van der Waals surface area (Å²) in [7, 11) is 0. The van der Waals surface area contributed by atoms with Crippen molar-refractivity contribution in [2.24, 2.45) is 0 Å². The van der Waals surface area contributed by atoms with E-state index in [1.807, 2.05) is 0 Å². The first-order chi connectivity index (χ1) is 8.97. The highest BCUT2D eigenvalue weighted by Gasteiger charge is 2.35. The summed E-state index contributed by atoms with van der Waals surface area (Å²) < 4.78 is 77.7. The fourth-order valence-electron chi connectivity index (χ4n) is 1.44. The number of halogens is 6. The lowest BCUT2D eigenvalue weighted by Gasteiger charge is -2.15. The van der Waals surface area contributed by atoms with Crippen molar-refractivity contribution in [3.05, 3.63) is 29.3 Å². The molecule has 0 unspecified atom stereocenters. The minimum Gasteiger partial charge on any atom is -0.406 e. The van der Waals surface area contributed by atoms with Crippen molar-refractivity contribution < 1.29 is 31.1 Å². The minimum atomic E-state index is -5.03. The van der Waals surface area contributed by atoms with E-state index < -0.39 is 23.9 Å². The quantitative estimate of drug-likeness (QED) is 0.845. The van der Waals surface area contributed by atoms with Gasteiger partial charge in [-0.25, -0.2) is 0 Å². The van der Waals surface area contributed by atoms with Crippen LogP contribution in [0.15, 0.2) is 18.2 Å². The standard InChI is InChI=1S/C12H13F6NO/c1-7(2)19-6-8-3-9(11(13,14)15)5-10(4-8)20-12(16,17)18/h3-5,7,19H,6H2,1-2H3. The molecule has 1 N–H and O–H groups in total. The van der Waals surface area contributed by atoms with Crippen LogP contribution in [0.1, 0.15) is 25.0 Å². The highest BCUT2D eigenvalue weighted by molar-refractivity contribution is 5.36. The zero-order valence-corrected chi connectivity index (χ0v) is 10.7. The van der Waals surface area contributed by atoms with Crippen LogP contribution in [-0.4, -0.2) is 12.4 Å². The van der Waals surface area contributed by atoms with E-state index in [0.29, 0.717) is 6.07 Å². The lowest BCUT2D eigenvalue weighted by molar-refractivity contribution is -0.274. The van der Waals surface area contributed by atoms with Crippen molar-refractivity contribution >= 4 is 0 Å². The Kier molecular flexibility index (Phi) is 4.90. The van der Waals surface area contributed by atoms with Gasteiger partial charge in [0.05, 0.1) is 5.56 Å². The van der Waals surface area contributed by atoms with Gasteiger partial charge in [-0.2, -0.15) is 13.2 Å². The molecule has 0 aromatic heterocycles. The largest absolute Gasteiger partial charge is 0.573 e. The minimum absolute atomic E-state index is 0.00973. The zero-order chi connectivity index (χ0) is 15.6. The van der Waals surface area contributed by atoms with E-state index in [0.717, 1.165) is 12.1 Å². The summed E-state index contributed by atoms with van der Waals surface area (Å²) in [4.78, 5) is 0. The predicted octanol–water partition coefficient (Wildman–Crippen LogP) is 4.10. The van der Waals surface area contributed by atoms with Crippen LogP contribution < -0.4 is 10.1 Å². The fourth-order valence-corrected chi connectivity index (χ4v) is 1.44. The van der Waals surface area contributed by atoms with Gasteiger partial charge in [0.2, 0.25) is 0 Å². The molecule has 114 valence electrons. The summed E-state index contributed by atoms with van der Waals surface area (Å²) in [5, 5.41) is 2.83. The number of hydrogen-bond donors (Lipinski definition) is 1. The molecule has 0 bridgehead atoms. The van der Waals surface area contributed by atoms with Crippen LogP contribution in [0.2, 0.25) is 0 Å². The third-order valence-corrected chi connectivity index (χ3v) is 2.24. The van der Waals surface area contributed by atoms with E-state index in [2.05, 4.69) is 10.1 Å². The Bertz CT molecular complexity index is 452. The molecule has 1 aromatic rings. The van der Waals surface area contributed by atoms with E-state index >= 15 is 0 Å². The lowest BCUT2D eigenvalue weighted by Crippen LogP contribution is -2.22. The van der Waals surface area contributed by atoms with Crippen molar-refractivity contribution in [1.29, 1.82) is 0 Å². The molecular weight excluding hydrogens is 288 g/mol. The van der Waals surface area contributed by atoms with Gasteiger partial charge in [-0.3, -0.25) is 0 Å². The van der Waals surface area contributed by atoms with E-state index in [9.17, 15) is 26.3 Å². The molecule has 0 aliphatic heterocycles. The van der Waals surface area contributed by atoms with Crippen LogP contribution in [0, 0.1) is 0 Å². The summed E-state index contributed by atoms with van der Waals surface area (Å²) in [6.45, 7) is 3.54. The number of hydrogen-bond acceptors (Lipinski definition) is 2. The van der Waals surface area contributed by atoms with Crippen molar-refractivity contribution in [2.75, 3.05) is 0 Å². The van der Waals surface area contributed by atoms with Crippen LogP contribution >= 0.6 is 0 Å². The molecule has 8 heteroatoms. The van der Waals surface area contributed by atoms with Gasteiger partial charge in [0.15, 0.2) is 0 Å². The van der Waals surface area contributed by atoms with Crippen LogP contribution in [0.5, 0.6) is 5.75 Å². The second-order valence-corrected chi connectivity index (χ2v) is 4.45. The summed E-state index contributed by atoms with van der Waals surface area (Å²) >= 11 is 0. The molecule has 1 rings (SSSR count). The molecule has 0 spiro atoms. The monoisotopic (exact) mass is 301 g/mol. The Morgan fingerprint density at radius 2 is 1.65 bits per heavy atom. The van der Waals surface area contributed by atoms with Gasteiger partial charge in [-0.05, 0) is 23.8 Å². The highest BCUT2D eigenvalue weighted by Crippen LogP contribution is 2.34. The van der Waals surface area contributed by atoms with E-state index in [1.54, 1.807) is 13.8 Å². The number of benzene rings is 1. The van der Waals surface area contributed by atoms with Crippen LogP contribution in [0.25, 0.3) is 0 Å². The third-order valence-electron chi connectivity index (χ3n) is 2.24. The SMILES string of the molecule is CC(C)NCc1cc(OC(F)(F)F)cc(C(F)(F)F)c1. The van der Waals surface area contributed by atoms with Crippen molar-refractivity contribution in [2.45, 2.75) is 39.0 Å². The van der Waals surface area contributed by atoms with Gasteiger partial charge >= 0.3 is 12.5 Å². The molecule has 20 heavy (non-hydrogen) atoms. The normalized spacial score (nSPS) is 12.8. The molecule has 1 aromatic carbocycles. The molecule has 0 radical (unpaired) electrons. The molecule has 2 nitrogen and oxygen atoms in total. The van der Waals surface area contributed by atoms with E-state index in [4.69, 9.17) is 0 Å². The van der Waals surface area contributed by atoms with Crippen molar-refractivity contribution in [3.63, 3.8) is 0 Å².